The van der Waals surface area contributed by atoms with E-state index in [-0.39, 0.29) is 6.54 Å². The van der Waals surface area contributed by atoms with Crippen molar-refractivity contribution < 1.29 is 19.1 Å². The standard InChI is InChI=1S/C12H14N4O4/c1-19-11(17)8-16-7-9(13-14-16)6-15-5-3-4-10(15)12(18)20-2/h3-5,7H,6,8H2,1-2H3. The van der Waals surface area contributed by atoms with Crippen molar-refractivity contribution >= 4 is 11.9 Å². The fourth-order valence-electron chi connectivity index (χ4n) is 1.70. The molecule has 0 bridgehead atoms. The lowest BCUT2D eigenvalue weighted by Crippen LogP contribution is -2.12. The maximum atomic E-state index is 11.5. The molecule has 20 heavy (non-hydrogen) atoms. The highest BCUT2D eigenvalue weighted by atomic mass is 16.5. The van der Waals surface area contributed by atoms with Crippen LogP contribution >= 0.6 is 0 Å². The molecule has 0 unspecified atom stereocenters. The quantitative estimate of drug-likeness (QED) is 0.720. The molecule has 0 saturated heterocycles. The summed E-state index contributed by atoms with van der Waals surface area (Å²) in [5.74, 6) is -0.824. The minimum atomic E-state index is -0.419. The van der Waals surface area contributed by atoms with E-state index < -0.39 is 11.9 Å². The summed E-state index contributed by atoms with van der Waals surface area (Å²) in [5, 5.41) is 7.75. The highest BCUT2D eigenvalue weighted by Gasteiger charge is 2.12. The number of carbonyl (C=O) groups is 2. The Balaban J connectivity index is 2.09. The summed E-state index contributed by atoms with van der Waals surface area (Å²) in [5.41, 5.74) is 1.05. The van der Waals surface area contributed by atoms with Crippen molar-refractivity contribution in [2.24, 2.45) is 0 Å². The molecule has 106 valence electrons. The second-order valence-electron chi connectivity index (χ2n) is 4.00. The predicted molar refractivity (Wildman–Crippen MR) is 66.9 cm³/mol. The SMILES string of the molecule is COC(=O)Cn1cc(Cn2cccc2C(=O)OC)nn1. The Morgan fingerprint density at radius 1 is 1.30 bits per heavy atom. The molecule has 0 atom stereocenters. The molecule has 0 radical (unpaired) electrons. The van der Waals surface area contributed by atoms with Gasteiger partial charge in [0, 0.05) is 6.20 Å². The Labute approximate surface area is 114 Å². The van der Waals surface area contributed by atoms with Crippen molar-refractivity contribution in [1.29, 1.82) is 0 Å². The molecule has 2 heterocycles. The van der Waals surface area contributed by atoms with Crippen LogP contribution in [-0.4, -0.2) is 45.7 Å². The van der Waals surface area contributed by atoms with Gasteiger partial charge in [-0.05, 0) is 12.1 Å². The van der Waals surface area contributed by atoms with Crippen LogP contribution in [-0.2, 0) is 27.4 Å². The predicted octanol–water partition coefficient (Wildman–Crippen LogP) is 0.0875. The van der Waals surface area contributed by atoms with Crippen LogP contribution in [0.3, 0.4) is 0 Å². The van der Waals surface area contributed by atoms with E-state index in [1.54, 1.807) is 29.1 Å². The van der Waals surface area contributed by atoms with Crippen molar-refractivity contribution in [3.8, 4) is 0 Å². The van der Waals surface area contributed by atoms with Crippen molar-refractivity contribution in [3.63, 3.8) is 0 Å². The van der Waals surface area contributed by atoms with Crippen LogP contribution in [0.2, 0.25) is 0 Å². The number of hydrogen-bond acceptors (Lipinski definition) is 6. The van der Waals surface area contributed by atoms with E-state index in [9.17, 15) is 9.59 Å². The largest absolute Gasteiger partial charge is 0.468 e. The van der Waals surface area contributed by atoms with Crippen molar-refractivity contribution in [2.75, 3.05) is 14.2 Å². The zero-order valence-corrected chi connectivity index (χ0v) is 11.1. The first-order valence-corrected chi connectivity index (χ1v) is 5.83. The fraction of sp³-hybridized carbons (Fsp3) is 0.333. The molecule has 0 N–H and O–H groups in total. The van der Waals surface area contributed by atoms with E-state index in [0.717, 1.165) is 0 Å². The number of hydrogen-bond donors (Lipinski definition) is 0. The normalized spacial score (nSPS) is 10.3. The molecule has 8 nitrogen and oxygen atoms in total. The van der Waals surface area contributed by atoms with Gasteiger partial charge in [-0.2, -0.15) is 0 Å². The average Bonchev–Trinajstić information content (AvgIpc) is 3.08. The van der Waals surface area contributed by atoms with E-state index in [2.05, 4.69) is 19.8 Å². The Hall–Kier alpha value is -2.64. The van der Waals surface area contributed by atoms with Crippen LogP contribution in [0, 0.1) is 0 Å². The lowest BCUT2D eigenvalue weighted by molar-refractivity contribution is -0.141. The van der Waals surface area contributed by atoms with E-state index in [0.29, 0.717) is 17.9 Å². The van der Waals surface area contributed by atoms with Crippen LogP contribution in [0.1, 0.15) is 16.2 Å². The van der Waals surface area contributed by atoms with E-state index in [1.807, 2.05) is 0 Å². The summed E-state index contributed by atoms with van der Waals surface area (Å²) in [6, 6.07) is 3.40. The van der Waals surface area contributed by atoms with Gasteiger partial charge in [0.1, 0.15) is 17.9 Å². The fourth-order valence-corrected chi connectivity index (χ4v) is 1.70. The molecule has 0 spiro atoms. The van der Waals surface area contributed by atoms with Gasteiger partial charge in [-0.1, -0.05) is 5.21 Å². The third-order valence-electron chi connectivity index (χ3n) is 2.66. The molecule has 2 rings (SSSR count). The lowest BCUT2D eigenvalue weighted by atomic mass is 10.4. The molecule has 0 aromatic carbocycles. The number of nitrogens with zero attached hydrogens (tertiary/aromatic N) is 4. The molecule has 8 heteroatoms. The maximum Gasteiger partial charge on any atom is 0.354 e. The summed E-state index contributed by atoms with van der Waals surface area (Å²) in [4.78, 5) is 22.6. The van der Waals surface area contributed by atoms with Gasteiger partial charge in [0.2, 0.25) is 0 Å². The zero-order chi connectivity index (χ0) is 14.5. The molecule has 0 aliphatic heterocycles. The summed E-state index contributed by atoms with van der Waals surface area (Å²) in [6.07, 6.45) is 3.36. The number of carbonyl (C=O) groups excluding carboxylic acids is 2. The Morgan fingerprint density at radius 3 is 2.80 bits per heavy atom. The Morgan fingerprint density at radius 2 is 2.10 bits per heavy atom. The first-order valence-electron chi connectivity index (χ1n) is 5.83. The zero-order valence-electron chi connectivity index (χ0n) is 11.1. The molecule has 2 aromatic rings. The van der Waals surface area contributed by atoms with Crippen LogP contribution < -0.4 is 0 Å². The minimum absolute atomic E-state index is 0.000955. The third-order valence-corrected chi connectivity index (χ3v) is 2.66. The highest BCUT2D eigenvalue weighted by Crippen LogP contribution is 2.07. The topological polar surface area (TPSA) is 88.2 Å². The highest BCUT2D eigenvalue weighted by molar-refractivity contribution is 5.87. The van der Waals surface area contributed by atoms with Gasteiger partial charge < -0.3 is 14.0 Å². The van der Waals surface area contributed by atoms with Crippen molar-refractivity contribution in [2.45, 2.75) is 13.1 Å². The first kappa shape index (κ1) is 13.8. The van der Waals surface area contributed by atoms with E-state index in [1.165, 1.54) is 18.9 Å². The maximum absolute atomic E-state index is 11.5. The molecular weight excluding hydrogens is 264 g/mol. The summed E-state index contributed by atoms with van der Waals surface area (Å²) < 4.78 is 12.3. The van der Waals surface area contributed by atoms with Crippen LogP contribution in [0.15, 0.2) is 24.5 Å². The summed E-state index contributed by atoms with van der Waals surface area (Å²) in [6.45, 7) is 0.359. The van der Waals surface area contributed by atoms with Gasteiger partial charge in [-0.25, -0.2) is 9.48 Å². The number of rotatable bonds is 5. The lowest BCUT2D eigenvalue weighted by Gasteiger charge is -2.04. The average molecular weight is 278 g/mol. The number of ether oxygens (including phenoxy) is 2. The van der Waals surface area contributed by atoms with Gasteiger partial charge in [0.15, 0.2) is 0 Å². The number of aromatic nitrogens is 4. The van der Waals surface area contributed by atoms with Crippen LogP contribution in [0.25, 0.3) is 0 Å². The number of esters is 2. The first-order chi connectivity index (χ1) is 9.63. The monoisotopic (exact) mass is 278 g/mol. The Kier molecular flexibility index (Phi) is 4.14. The van der Waals surface area contributed by atoms with Crippen molar-refractivity contribution in [3.05, 3.63) is 35.9 Å². The van der Waals surface area contributed by atoms with Crippen LogP contribution in [0.4, 0.5) is 0 Å². The third kappa shape index (κ3) is 3.02. The van der Waals surface area contributed by atoms with E-state index >= 15 is 0 Å². The molecule has 0 saturated carbocycles. The molecule has 0 fully saturated rings. The van der Waals surface area contributed by atoms with Gasteiger partial charge >= 0.3 is 11.9 Å². The summed E-state index contributed by atoms with van der Waals surface area (Å²) in [7, 11) is 2.63. The van der Waals surface area contributed by atoms with Crippen LogP contribution in [0.5, 0.6) is 0 Å². The number of methoxy groups -OCH3 is 2. The molecule has 0 amide bonds. The Bertz CT molecular complexity index is 617. The smallest absolute Gasteiger partial charge is 0.354 e. The van der Waals surface area contributed by atoms with Crippen molar-refractivity contribution in [1.82, 2.24) is 19.6 Å². The molecule has 0 aliphatic carbocycles. The second kappa shape index (κ2) is 6.00. The van der Waals surface area contributed by atoms with Gasteiger partial charge in [-0.3, -0.25) is 4.79 Å². The summed E-state index contributed by atoms with van der Waals surface area (Å²) >= 11 is 0. The molecular formula is C12H14N4O4. The van der Waals surface area contributed by atoms with Gasteiger partial charge in [0.25, 0.3) is 0 Å². The van der Waals surface area contributed by atoms with Gasteiger partial charge in [0.05, 0.1) is 27.0 Å². The molecule has 2 aromatic heterocycles. The minimum Gasteiger partial charge on any atom is -0.468 e. The molecule has 0 aliphatic rings. The van der Waals surface area contributed by atoms with E-state index in [4.69, 9.17) is 0 Å². The second-order valence-corrected chi connectivity index (χ2v) is 4.00. The van der Waals surface area contributed by atoms with Gasteiger partial charge in [-0.15, -0.1) is 5.10 Å².